The van der Waals surface area contributed by atoms with Crippen LogP contribution in [-0.4, -0.2) is 17.1 Å². The largest absolute Gasteiger partial charge is 0.298 e. The van der Waals surface area contributed by atoms with E-state index in [9.17, 15) is 9.59 Å². The highest BCUT2D eigenvalue weighted by Gasteiger charge is 2.13. The molecule has 0 spiro atoms. The van der Waals surface area contributed by atoms with E-state index in [1.54, 1.807) is 24.3 Å². The third-order valence-electron chi connectivity index (χ3n) is 2.33. The molecule has 0 amide bonds. The van der Waals surface area contributed by atoms with Crippen molar-refractivity contribution in [3.8, 4) is 5.69 Å². The van der Waals surface area contributed by atoms with E-state index < -0.39 is 0 Å². The summed E-state index contributed by atoms with van der Waals surface area (Å²) >= 11 is 11.8. The van der Waals surface area contributed by atoms with Gasteiger partial charge in [0.05, 0.1) is 11.3 Å². The maximum Gasteiger partial charge on any atom is 0.166 e. The van der Waals surface area contributed by atoms with Crippen molar-refractivity contribution in [1.82, 2.24) is 4.57 Å². The van der Waals surface area contributed by atoms with Gasteiger partial charge in [-0.2, -0.15) is 0 Å². The molecule has 0 aliphatic rings. The molecule has 0 atom stereocenters. The molecule has 3 nitrogen and oxygen atoms in total. The third-order valence-corrected chi connectivity index (χ3v) is 2.97. The number of halogens is 2. The monoisotopic (exact) mass is 267 g/mol. The first-order chi connectivity index (χ1) is 8.17. The van der Waals surface area contributed by atoms with E-state index in [0.29, 0.717) is 29.0 Å². The molecule has 17 heavy (non-hydrogen) atoms. The van der Waals surface area contributed by atoms with E-state index in [-0.39, 0.29) is 10.7 Å². The minimum Gasteiger partial charge on any atom is -0.298 e. The van der Waals surface area contributed by atoms with E-state index in [2.05, 4.69) is 0 Å². The Labute approximate surface area is 108 Å². The summed E-state index contributed by atoms with van der Waals surface area (Å²) in [4.78, 5) is 21.7. The van der Waals surface area contributed by atoms with Crippen molar-refractivity contribution in [3.63, 3.8) is 0 Å². The summed E-state index contributed by atoms with van der Waals surface area (Å²) in [5.74, 6) is 0. The number of hydrogen-bond acceptors (Lipinski definition) is 2. The molecule has 1 aromatic carbocycles. The lowest BCUT2D eigenvalue weighted by Crippen LogP contribution is -1.98. The third kappa shape index (κ3) is 2.12. The molecule has 0 N–H and O–H groups in total. The molecule has 2 aromatic rings. The summed E-state index contributed by atoms with van der Waals surface area (Å²) in [7, 11) is 0. The summed E-state index contributed by atoms with van der Waals surface area (Å²) in [5.41, 5.74) is 1.28. The Morgan fingerprint density at radius 1 is 1.00 bits per heavy atom. The summed E-state index contributed by atoms with van der Waals surface area (Å²) in [6.45, 7) is 0. The molecule has 1 heterocycles. The Morgan fingerprint density at radius 2 is 1.65 bits per heavy atom. The molecule has 5 heteroatoms. The number of hydrogen-bond donors (Lipinski definition) is 0. The van der Waals surface area contributed by atoms with Crippen molar-refractivity contribution in [2.24, 2.45) is 0 Å². The van der Waals surface area contributed by atoms with Gasteiger partial charge in [-0.1, -0.05) is 23.2 Å². The van der Waals surface area contributed by atoms with Gasteiger partial charge in [-0.25, -0.2) is 0 Å². The quantitative estimate of drug-likeness (QED) is 0.800. The molecular weight excluding hydrogens is 261 g/mol. The van der Waals surface area contributed by atoms with Crippen LogP contribution in [0.1, 0.15) is 20.8 Å². The summed E-state index contributed by atoms with van der Waals surface area (Å²) in [5, 5.41) is 0.796. The second-order valence-electron chi connectivity index (χ2n) is 3.36. The van der Waals surface area contributed by atoms with E-state index in [1.165, 1.54) is 10.6 Å². The van der Waals surface area contributed by atoms with Gasteiger partial charge in [0, 0.05) is 10.7 Å². The predicted octanol–water partition coefficient (Wildman–Crippen LogP) is 3.41. The Bertz CT molecular complexity index is 573. The lowest BCUT2D eigenvalue weighted by molar-refractivity contribution is 0.111. The smallest absolute Gasteiger partial charge is 0.166 e. The molecule has 0 radical (unpaired) electrons. The summed E-state index contributed by atoms with van der Waals surface area (Å²) in [6.07, 6.45) is 1.26. The predicted molar refractivity (Wildman–Crippen MR) is 66.6 cm³/mol. The first-order valence-corrected chi connectivity index (χ1v) is 5.50. The van der Waals surface area contributed by atoms with Gasteiger partial charge in [-0.05, 0) is 30.3 Å². The minimum atomic E-state index is 0.212. The van der Waals surface area contributed by atoms with Crippen molar-refractivity contribution in [2.45, 2.75) is 0 Å². The van der Waals surface area contributed by atoms with Gasteiger partial charge in [-0.15, -0.1) is 0 Å². The Balaban J connectivity index is 2.65. The van der Waals surface area contributed by atoms with Crippen LogP contribution in [0.3, 0.4) is 0 Å². The van der Waals surface area contributed by atoms with Gasteiger partial charge in [-0.3, -0.25) is 14.2 Å². The molecule has 86 valence electrons. The van der Waals surface area contributed by atoms with Crippen molar-refractivity contribution >= 4 is 35.8 Å². The van der Waals surface area contributed by atoms with Crippen LogP contribution in [0.2, 0.25) is 10.2 Å². The van der Waals surface area contributed by atoms with Crippen LogP contribution >= 0.6 is 23.2 Å². The van der Waals surface area contributed by atoms with Crippen molar-refractivity contribution in [3.05, 3.63) is 51.8 Å². The second kappa shape index (κ2) is 4.73. The van der Waals surface area contributed by atoms with Crippen LogP contribution in [0, 0.1) is 0 Å². The van der Waals surface area contributed by atoms with Crippen LogP contribution in [0.4, 0.5) is 0 Å². The lowest BCUT2D eigenvalue weighted by atomic mass is 10.3. The SMILES string of the molecule is O=Cc1cc(C=O)n(-c2ccc(Cl)cc2)c1Cl. The van der Waals surface area contributed by atoms with Crippen LogP contribution < -0.4 is 0 Å². The highest BCUT2D eigenvalue weighted by molar-refractivity contribution is 6.32. The normalized spacial score (nSPS) is 10.2. The Hall–Kier alpha value is -1.58. The van der Waals surface area contributed by atoms with E-state index in [1.807, 2.05) is 0 Å². The van der Waals surface area contributed by atoms with Gasteiger partial charge >= 0.3 is 0 Å². The number of nitrogens with zero attached hydrogens (tertiary/aromatic N) is 1. The average Bonchev–Trinajstić information content (AvgIpc) is 2.67. The Morgan fingerprint density at radius 3 is 2.18 bits per heavy atom. The fourth-order valence-electron chi connectivity index (χ4n) is 1.55. The molecule has 0 fully saturated rings. The van der Waals surface area contributed by atoms with Crippen LogP contribution in [0.15, 0.2) is 30.3 Å². The number of rotatable bonds is 3. The fraction of sp³-hybridized carbons (Fsp3) is 0. The zero-order valence-electron chi connectivity index (χ0n) is 8.56. The van der Waals surface area contributed by atoms with E-state index in [4.69, 9.17) is 23.2 Å². The maximum atomic E-state index is 10.9. The van der Waals surface area contributed by atoms with Gasteiger partial charge in [0.2, 0.25) is 0 Å². The zero-order chi connectivity index (χ0) is 12.4. The van der Waals surface area contributed by atoms with Gasteiger partial charge in [0.15, 0.2) is 12.6 Å². The zero-order valence-corrected chi connectivity index (χ0v) is 10.1. The summed E-state index contributed by atoms with van der Waals surface area (Å²) in [6, 6.07) is 8.24. The first kappa shape index (κ1) is 11.9. The van der Waals surface area contributed by atoms with Crippen LogP contribution in [-0.2, 0) is 0 Å². The molecule has 0 saturated heterocycles. The van der Waals surface area contributed by atoms with Crippen molar-refractivity contribution < 1.29 is 9.59 Å². The minimum absolute atomic E-state index is 0.212. The topological polar surface area (TPSA) is 39.1 Å². The molecule has 0 aliphatic heterocycles. The number of aromatic nitrogens is 1. The number of benzene rings is 1. The number of aldehydes is 2. The number of carbonyl (C=O) groups excluding carboxylic acids is 2. The second-order valence-corrected chi connectivity index (χ2v) is 4.16. The highest BCUT2D eigenvalue weighted by atomic mass is 35.5. The highest BCUT2D eigenvalue weighted by Crippen LogP contribution is 2.25. The molecular formula is C12H7Cl2NO2. The Kier molecular flexibility index (Phi) is 3.31. The van der Waals surface area contributed by atoms with Crippen molar-refractivity contribution in [2.75, 3.05) is 0 Å². The average molecular weight is 268 g/mol. The molecule has 0 aliphatic carbocycles. The molecule has 1 aromatic heterocycles. The van der Waals surface area contributed by atoms with Gasteiger partial charge in [0.25, 0.3) is 0 Å². The van der Waals surface area contributed by atoms with Crippen molar-refractivity contribution in [1.29, 1.82) is 0 Å². The van der Waals surface area contributed by atoms with E-state index >= 15 is 0 Å². The maximum absolute atomic E-state index is 10.9. The van der Waals surface area contributed by atoms with E-state index in [0.717, 1.165) is 0 Å². The molecule has 0 bridgehead atoms. The van der Waals surface area contributed by atoms with Crippen LogP contribution in [0.25, 0.3) is 5.69 Å². The lowest BCUT2D eigenvalue weighted by Gasteiger charge is -2.07. The molecule has 2 rings (SSSR count). The standard InChI is InChI=1S/C12H7Cl2NO2/c13-9-1-3-10(4-2-9)15-11(7-17)5-8(6-16)12(15)14/h1-7H. The number of carbonyl (C=O) groups is 2. The summed E-state index contributed by atoms with van der Waals surface area (Å²) < 4.78 is 1.49. The first-order valence-electron chi connectivity index (χ1n) is 4.75. The van der Waals surface area contributed by atoms with Crippen LogP contribution in [0.5, 0.6) is 0 Å². The fourth-order valence-corrected chi connectivity index (χ4v) is 1.97. The van der Waals surface area contributed by atoms with Gasteiger partial charge in [0.1, 0.15) is 5.15 Å². The molecule has 0 saturated carbocycles. The van der Waals surface area contributed by atoms with Gasteiger partial charge < -0.3 is 0 Å². The molecule has 0 unspecified atom stereocenters.